The number of aromatic nitrogens is 2. The molecule has 0 aliphatic heterocycles. The standard InChI is InChI=1S/C18H14F3N3OS/c1-11-22-14-8-4-2-6-12(14)17(23-11)26-10-16(25)24-15-9-5-3-7-13(15)18(19,20)21/h2-9H,10H2,1H3,(H,24,25). The Bertz CT molecular complexity index is 960. The number of rotatable bonds is 4. The summed E-state index contributed by atoms with van der Waals surface area (Å²) in [7, 11) is 0. The lowest BCUT2D eigenvalue weighted by molar-refractivity contribution is -0.137. The van der Waals surface area contributed by atoms with Gasteiger partial charge in [0.15, 0.2) is 0 Å². The summed E-state index contributed by atoms with van der Waals surface area (Å²) in [5, 5.41) is 3.74. The summed E-state index contributed by atoms with van der Waals surface area (Å²) < 4.78 is 39.0. The van der Waals surface area contributed by atoms with Crippen LogP contribution in [0.1, 0.15) is 11.4 Å². The average Bonchev–Trinajstić information content (AvgIpc) is 2.59. The summed E-state index contributed by atoms with van der Waals surface area (Å²) in [6.07, 6.45) is -4.53. The lowest BCUT2D eigenvalue weighted by atomic mass is 10.1. The second-order valence-electron chi connectivity index (χ2n) is 5.47. The van der Waals surface area contributed by atoms with Gasteiger partial charge in [-0.15, -0.1) is 0 Å². The first-order chi connectivity index (χ1) is 12.3. The molecule has 1 heterocycles. The van der Waals surface area contributed by atoms with Gasteiger partial charge in [-0.05, 0) is 25.1 Å². The highest BCUT2D eigenvalue weighted by molar-refractivity contribution is 8.00. The molecule has 1 aromatic heterocycles. The van der Waals surface area contributed by atoms with Crippen LogP contribution in [0.5, 0.6) is 0 Å². The number of thioether (sulfide) groups is 1. The van der Waals surface area contributed by atoms with Crippen molar-refractivity contribution < 1.29 is 18.0 Å². The Kier molecular flexibility index (Phi) is 5.13. The summed E-state index contributed by atoms with van der Waals surface area (Å²) in [6, 6.07) is 12.3. The molecule has 4 nitrogen and oxygen atoms in total. The van der Waals surface area contributed by atoms with E-state index in [0.29, 0.717) is 10.9 Å². The zero-order valence-corrected chi connectivity index (χ0v) is 14.5. The monoisotopic (exact) mass is 377 g/mol. The molecule has 1 N–H and O–H groups in total. The molecule has 2 aromatic carbocycles. The topological polar surface area (TPSA) is 54.9 Å². The molecule has 0 fully saturated rings. The number of nitrogens with zero attached hydrogens (tertiary/aromatic N) is 2. The van der Waals surface area contributed by atoms with E-state index in [-0.39, 0.29) is 11.4 Å². The van der Waals surface area contributed by atoms with Crippen LogP contribution in [0, 0.1) is 6.92 Å². The number of nitrogens with one attached hydrogen (secondary N) is 1. The van der Waals surface area contributed by atoms with Gasteiger partial charge in [0.1, 0.15) is 10.9 Å². The smallest absolute Gasteiger partial charge is 0.325 e. The van der Waals surface area contributed by atoms with E-state index in [1.807, 2.05) is 24.3 Å². The van der Waals surface area contributed by atoms with Crippen molar-refractivity contribution >= 4 is 34.3 Å². The lowest BCUT2D eigenvalue weighted by Crippen LogP contribution is -2.18. The van der Waals surface area contributed by atoms with Crippen molar-refractivity contribution in [2.75, 3.05) is 11.1 Å². The number of carbonyl (C=O) groups is 1. The fraction of sp³-hybridized carbons (Fsp3) is 0.167. The maximum absolute atomic E-state index is 13.0. The fourth-order valence-electron chi connectivity index (χ4n) is 2.43. The zero-order chi connectivity index (χ0) is 18.7. The lowest BCUT2D eigenvalue weighted by Gasteiger charge is -2.13. The Balaban J connectivity index is 1.75. The fourth-order valence-corrected chi connectivity index (χ4v) is 3.29. The molecule has 0 aliphatic rings. The van der Waals surface area contributed by atoms with Crippen LogP contribution in [0.15, 0.2) is 53.6 Å². The Morgan fingerprint density at radius 1 is 1.08 bits per heavy atom. The maximum atomic E-state index is 13.0. The minimum atomic E-state index is -4.53. The Labute approximate surface area is 151 Å². The quantitative estimate of drug-likeness (QED) is 0.529. The molecular weight excluding hydrogens is 363 g/mol. The molecule has 0 aliphatic carbocycles. The molecule has 8 heteroatoms. The summed E-state index contributed by atoms with van der Waals surface area (Å²) in [4.78, 5) is 20.8. The molecule has 0 bridgehead atoms. The maximum Gasteiger partial charge on any atom is 0.418 e. The van der Waals surface area contributed by atoms with Gasteiger partial charge in [-0.1, -0.05) is 42.1 Å². The number of alkyl halides is 3. The SMILES string of the molecule is Cc1nc(SCC(=O)Nc2ccccc2C(F)(F)F)c2ccccc2n1. The number of amides is 1. The summed E-state index contributed by atoms with van der Waals surface area (Å²) in [5.74, 6) is -0.0341. The normalized spacial score (nSPS) is 11.5. The highest BCUT2D eigenvalue weighted by atomic mass is 32.2. The molecule has 26 heavy (non-hydrogen) atoms. The molecule has 0 radical (unpaired) electrons. The van der Waals surface area contributed by atoms with Gasteiger partial charge in [0, 0.05) is 5.39 Å². The van der Waals surface area contributed by atoms with Gasteiger partial charge in [-0.25, -0.2) is 9.97 Å². The van der Waals surface area contributed by atoms with E-state index < -0.39 is 17.6 Å². The molecule has 3 rings (SSSR count). The van der Waals surface area contributed by atoms with Crippen LogP contribution in [0.4, 0.5) is 18.9 Å². The first-order valence-electron chi connectivity index (χ1n) is 7.67. The number of hydrogen-bond donors (Lipinski definition) is 1. The Morgan fingerprint density at radius 3 is 2.54 bits per heavy atom. The van der Waals surface area contributed by atoms with Gasteiger partial charge in [0.2, 0.25) is 5.91 Å². The number of aryl methyl sites for hydroxylation is 1. The molecule has 0 saturated carbocycles. The Morgan fingerprint density at radius 2 is 1.77 bits per heavy atom. The van der Waals surface area contributed by atoms with E-state index in [4.69, 9.17) is 0 Å². The van der Waals surface area contributed by atoms with E-state index in [1.165, 1.54) is 18.2 Å². The van der Waals surface area contributed by atoms with Gasteiger partial charge in [-0.3, -0.25) is 4.79 Å². The van der Waals surface area contributed by atoms with Crippen LogP contribution in [-0.2, 0) is 11.0 Å². The van der Waals surface area contributed by atoms with Crippen molar-refractivity contribution in [3.8, 4) is 0 Å². The number of hydrogen-bond acceptors (Lipinski definition) is 4. The highest BCUT2D eigenvalue weighted by Crippen LogP contribution is 2.34. The second kappa shape index (κ2) is 7.33. The summed E-state index contributed by atoms with van der Waals surface area (Å²) >= 11 is 1.16. The Hall–Kier alpha value is -2.61. The number of para-hydroxylation sites is 2. The first kappa shape index (κ1) is 18.2. The molecule has 0 atom stereocenters. The van der Waals surface area contributed by atoms with Crippen molar-refractivity contribution in [3.63, 3.8) is 0 Å². The predicted octanol–water partition coefficient (Wildman–Crippen LogP) is 4.69. The van der Waals surface area contributed by atoms with Crippen LogP contribution >= 0.6 is 11.8 Å². The second-order valence-corrected chi connectivity index (χ2v) is 6.44. The largest absolute Gasteiger partial charge is 0.418 e. The van der Waals surface area contributed by atoms with Gasteiger partial charge in [0.25, 0.3) is 0 Å². The third-order valence-electron chi connectivity index (χ3n) is 3.53. The summed E-state index contributed by atoms with van der Waals surface area (Å²) in [6.45, 7) is 1.75. The number of fused-ring (bicyclic) bond motifs is 1. The molecule has 0 spiro atoms. The van der Waals surface area contributed by atoms with Gasteiger partial charge >= 0.3 is 6.18 Å². The van der Waals surface area contributed by atoms with Crippen LogP contribution in [-0.4, -0.2) is 21.6 Å². The van der Waals surface area contributed by atoms with Crippen molar-refractivity contribution in [2.24, 2.45) is 0 Å². The molecule has 1 amide bonds. The zero-order valence-electron chi connectivity index (χ0n) is 13.7. The van der Waals surface area contributed by atoms with Crippen LogP contribution < -0.4 is 5.32 Å². The predicted molar refractivity (Wildman–Crippen MR) is 95.1 cm³/mol. The van der Waals surface area contributed by atoms with Crippen molar-refractivity contribution in [1.82, 2.24) is 9.97 Å². The van der Waals surface area contributed by atoms with Crippen molar-refractivity contribution in [3.05, 3.63) is 59.9 Å². The van der Waals surface area contributed by atoms with Crippen molar-refractivity contribution in [2.45, 2.75) is 18.1 Å². The van der Waals surface area contributed by atoms with Gasteiger partial charge < -0.3 is 5.32 Å². The molecule has 3 aromatic rings. The van der Waals surface area contributed by atoms with Crippen LogP contribution in [0.25, 0.3) is 10.9 Å². The minimum absolute atomic E-state index is 0.0629. The number of benzene rings is 2. The molecular formula is C18H14F3N3OS. The first-order valence-corrected chi connectivity index (χ1v) is 8.65. The third-order valence-corrected chi connectivity index (χ3v) is 4.52. The third kappa shape index (κ3) is 4.13. The number of anilines is 1. The van der Waals surface area contributed by atoms with E-state index in [0.717, 1.165) is 28.7 Å². The molecule has 134 valence electrons. The van der Waals surface area contributed by atoms with E-state index in [2.05, 4.69) is 15.3 Å². The van der Waals surface area contributed by atoms with E-state index in [1.54, 1.807) is 6.92 Å². The average molecular weight is 377 g/mol. The van der Waals surface area contributed by atoms with E-state index >= 15 is 0 Å². The molecule has 0 saturated heterocycles. The molecule has 0 unspecified atom stereocenters. The van der Waals surface area contributed by atoms with Crippen LogP contribution in [0.2, 0.25) is 0 Å². The number of halogens is 3. The van der Waals surface area contributed by atoms with Crippen molar-refractivity contribution in [1.29, 1.82) is 0 Å². The minimum Gasteiger partial charge on any atom is -0.325 e. The number of carbonyl (C=O) groups excluding carboxylic acids is 1. The summed E-state index contributed by atoms with van der Waals surface area (Å²) in [5.41, 5.74) is -0.374. The van der Waals surface area contributed by atoms with Crippen LogP contribution in [0.3, 0.4) is 0 Å². The highest BCUT2D eigenvalue weighted by Gasteiger charge is 2.33. The van der Waals surface area contributed by atoms with E-state index in [9.17, 15) is 18.0 Å². The van der Waals surface area contributed by atoms with Gasteiger partial charge in [0.05, 0.1) is 22.5 Å². The van der Waals surface area contributed by atoms with Gasteiger partial charge in [-0.2, -0.15) is 13.2 Å².